The van der Waals surface area contributed by atoms with Crippen molar-refractivity contribution in [2.24, 2.45) is 0 Å². The standard InChI is InChI=1S/C24H21NO4/c1-15-7-8-16(2)20(11-15)23(26)18-5-3-4-6-19(18)24(27)25-13-17-9-10-21-22(12-17)29-14-28-21/h3-12H,13-14H2,1-2H3,(H,25,27). The second-order valence-corrected chi connectivity index (χ2v) is 7.06. The van der Waals surface area contributed by atoms with E-state index in [1.54, 1.807) is 24.3 Å². The average molecular weight is 387 g/mol. The lowest BCUT2D eigenvalue weighted by molar-refractivity contribution is 0.0939. The summed E-state index contributed by atoms with van der Waals surface area (Å²) in [5, 5.41) is 2.89. The fourth-order valence-electron chi connectivity index (χ4n) is 3.33. The maximum Gasteiger partial charge on any atom is 0.252 e. The first-order chi connectivity index (χ1) is 14.0. The van der Waals surface area contributed by atoms with Gasteiger partial charge < -0.3 is 14.8 Å². The Balaban J connectivity index is 1.55. The van der Waals surface area contributed by atoms with Crippen molar-refractivity contribution in [1.29, 1.82) is 0 Å². The molecule has 3 aromatic carbocycles. The molecule has 0 aromatic heterocycles. The SMILES string of the molecule is Cc1ccc(C)c(C(=O)c2ccccc2C(=O)NCc2ccc3c(c2)OCO3)c1. The number of carbonyl (C=O) groups is 2. The predicted molar refractivity (Wildman–Crippen MR) is 110 cm³/mol. The molecular weight excluding hydrogens is 366 g/mol. The van der Waals surface area contributed by atoms with E-state index in [9.17, 15) is 9.59 Å². The lowest BCUT2D eigenvalue weighted by Crippen LogP contribution is -2.25. The minimum atomic E-state index is -0.295. The van der Waals surface area contributed by atoms with Gasteiger partial charge in [0.05, 0.1) is 5.56 Å². The van der Waals surface area contributed by atoms with E-state index >= 15 is 0 Å². The van der Waals surface area contributed by atoms with Crippen LogP contribution < -0.4 is 14.8 Å². The zero-order valence-corrected chi connectivity index (χ0v) is 16.3. The van der Waals surface area contributed by atoms with E-state index in [1.807, 2.05) is 50.2 Å². The number of rotatable bonds is 5. The molecule has 0 radical (unpaired) electrons. The highest BCUT2D eigenvalue weighted by atomic mass is 16.7. The number of fused-ring (bicyclic) bond motifs is 1. The fourth-order valence-corrected chi connectivity index (χ4v) is 3.33. The van der Waals surface area contributed by atoms with Crippen LogP contribution in [0.15, 0.2) is 60.7 Å². The number of ether oxygens (including phenoxy) is 2. The smallest absolute Gasteiger partial charge is 0.252 e. The van der Waals surface area contributed by atoms with E-state index < -0.39 is 0 Å². The maximum atomic E-state index is 13.1. The van der Waals surface area contributed by atoms with Crippen LogP contribution in [0.4, 0.5) is 0 Å². The number of aryl methyl sites for hydroxylation is 2. The number of benzene rings is 3. The summed E-state index contributed by atoms with van der Waals surface area (Å²) in [7, 11) is 0. The summed E-state index contributed by atoms with van der Waals surface area (Å²) in [4.78, 5) is 26.0. The van der Waals surface area contributed by atoms with E-state index in [2.05, 4.69) is 5.32 Å². The Hall–Kier alpha value is -3.60. The van der Waals surface area contributed by atoms with E-state index in [-0.39, 0.29) is 18.5 Å². The minimum absolute atomic E-state index is 0.153. The molecule has 0 atom stereocenters. The molecule has 3 aromatic rings. The first-order valence-electron chi connectivity index (χ1n) is 9.40. The summed E-state index contributed by atoms with van der Waals surface area (Å²) < 4.78 is 10.7. The third-order valence-corrected chi connectivity index (χ3v) is 4.94. The van der Waals surface area contributed by atoms with Gasteiger partial charge >= 0.3 is 0 Å². The van der Waals surface area contributed by atoms with Crippen LogP contribution in [-0.4, -0.2) is 18.5 Å². The molecule has 146 valence electrons. The Kier molecular flexibility index (Phi) is 5.04. The Morgan fingerprint density at radius 2 is 1.62 bits per heavy atom. The van der Waals surface area contributed by atoms with Crippen molar-refractivity contribution in [1.82, 2.24) is 5.32 Å². The van der Waals surface area contributed by atoms with Crippen molar-refractivity contribution in [2.75, 3.05) is 6.79 Å². The van der Waals surface area contributed by atoms with Crippen LogP contribution in [-0.2, 0) is 6.54 Å². The summed E-state index contributed by atoms with van der Waals surface area (Å²) in [5.41, 5.74) is 4.14. The van der Waals surface area contributed by atoms with Crippen molar-refractivity contribution in [2.45, 2.75) is 20.4 Å². The van der Waals surface area contributed by atoms with Gasteiger partial charge in [-0.15, -0.1) is 0 Å². The molecule has 0 spiro atoms. The molecule has 0 saturated carbocycles. The van der Waals surface area contributed by atoms with Gasteiger partial charge in [0.15, 0.2) is 17.3 Å². The molecule has 1 amide bonds. The number of hydrogen-bond donors (Lipinski definition) is 1. The van der Waals surface area contributed by atoms with Crippen LogP contribution in [0.25, 0.3) is 0 Å². The van der Waals surface area contributed by atoms with Crippen LogP contribution in [0, 0.1) is 13.8 Å². The summed E-state index contributed by atoms with van der Waals surface area (Å²) in [6, 6.07) is 18.2. The van der Waals surface area contributed by atoms with Gasteiger partial charge in [-0.25, -0.2) is 0 Å². The van der Waals surface area contributed by atoms with Gasteiger partial charge in [-0.1, -0.05) is 42.0 Å². The first kappa shape index (κ1) is 18.7. The third-order valence-electron chi connectivity index (χ3n) is 4.94. The van der Waals surface area contributed by atoms with E-state index in [4.69, 9.17) is 9.47 Å². The molecule has 5 heteroatoms. The summed E-state index contributed by atoms with van der Waals surface area (Å²) >= 11 is 0. The van der Waals surface area contributed by atoms with Gasteiger partial charge in [0.1, 0.15) is 0 Å². The van der Waals surface area contributed by atoms with Gasteiger partial charge in [0, 0.05) is 17.7 Å². The third kappa shape index (κ3) is 3.85. The number of ketones is 1. The largest absolute Gasteiger partial charge is 0.454 e. The molecule has 1 aliphatic rings. The molecule has 0 bridgehead atoms. The first-order valence-corrected chi connectivity index (χ1v) is 9.40. The molecule has 0 fully saturated rings. The van der Waals surface area contributed by atoms with Gasteiger partial charge in [-0.05, 0) is 49.2 Å². The zero-order valence-electron chi connectivity index (χ0n) is 16.3. The van der Waals surface area contributed by atoms with Crippen LogP contribution in [0.3, 0.4) is 0 Å². The lowest BCUT2D eigenvalue weighted by Gasteiger charge is -2.12. The Morgan fingerprint density at radius 1 is 0.862 bits per heavy atom. The molecule has 0 saturated heterocycles. The number of carbonyl (C=O) groups excluding carboxylic acids is 2. The summed E-state index contributed by atoms with van der Waals surface area (Å²) in [6.07, 6.45) is 0. The van der Waals surface area contributed by atoms with E-state index in [1.165, 1.54) is 0 Å². The Bertz CT molecular complexity index is 1100. The van der Waals surface area contributed by atoms with Gasteiger partial charge in [0.2, 0.25) is 6.79 Å². The maximum absolute atomic E-state index is 13.1. The molecule has 5 nitrogen and oxygen atoms in total. The van der Waals surface area contributed by atoms with Crippen molar-refractivity contribution in [3.8, 4) is 11.5 Å². The Morgan fingerprint density at radius 3 is 2.45 bits per heavy atom. The van der Waals surface area contributed by atoms with Crippen LogP contribution in [0.5, 0.6) is 11.5 Å². The topological polar surface area (TPSA) is 64.6 Å². The highest BCUT2D eigenvalue weighted by Gasteiger charge is 2.20. The zero-order chi connectivity index (χ0) is 20.4. The highest BCUT2D eigenvalue weighted by molar-refractivity contribution is 6.15. The van der Waals surface area contributed by atoms with Gasteiger partial charge in [-0.3, -0.25) is 9.59 Å². The fraction of sp³-hybridized carbons (Fsp3) is 0.167. The van der Waals surface area contributed by atoms with Crippen molar-refractivity contribution >= 4 is 11.7 Å². The molecule has 1 N–H and O–H groups in total. The van der Waals surface area contributed by atoms with E-state index in [0.717, 1.165) is 16.7 Å². The van der Waals surface area contributed by atoms with E-state index in [0.29, 0.717) is 34.7 Å². The number of hydrogen-bond acceptors (Lipinski definition) is 4. The highest BCUT2D eigenvalue weighted by Crippen LogP contribution is 2.32. The van der Waals surface area contributed by atoms with Crippen molar-refractivity contribution in [3.05, 3.63) is 94.0 Å². The minimum Gasteiger partial charge on any atom is -0.454 e. The average Bonchev–Trinajstić information content (AvgIpc) is 3.21. The van der Waals surface area contributed by atoms with Crippen LogP contribution in [0.1, 0.15) is 43.0 Å². The normalized spacial score (nSPS) is 11.9. The quantitative estimate of drug-likeness (QED) is 0.667. The molecule has 0 unspecified atom stereocenters. The lowest BCUT2D eigenvalue weighted by atomic mass is 9.94. The molecule has 29 heavy (non-hydrogen) atoms. The molecule has 1 aliphatic heterocycles. The summed E-state index contributed by atoms with van der Waals surface area (Å²) in [6.45, 7) is 4.37. The van der Waals surface area contributed by atoms with Gasteiger partial charge in [-0.2, -0.15) is 0 Å². The molecule has 0 aliphatic carbocycles. The molecular formula is C24H21NO4. The van der Waals surface area contributed by atoms with Crippen molar-refractivity contribution in [3.63, 3.8) is 0 Å². The van der Waals surface area contributed by atoms with Crippen LogP contribution in [0.2, 0.25) is 0 Å². The van der Waals surface area contributed by atoms with Crippen molar-refractivity contribution < 1.29 is 19.1 Å². The second-order valence-electron chi connectivity index (χ2n) is 7.06. The second kappa shape index (κ2) is 7.80. The van der Waals surface area contributed by atoms with Gasteiger partial charge in [0.25, 0.3) is 5.91 Å². The van der Waals surface area contributed by atoms with Crippen LogP contribution >= 0.6 is 0 Å². The molecule has 1 heterocycles. The summed E-state index contributed by atoms with van der Waals surface area (Å²) in [5.74, 6) is 0.920. The Labute approximate surface area is 169 Å². The monoisotopic (exact) mass is 387 g/mol. The number of amides is 1. The predicted octanol–water partition coefficient (Wildman–Crippen LogP) is 4.19. The molecule has 4 rings (SSSR count). The number of nitrogens with one attached hydrogen (secondary N) is 1.